The lowest BCUT2D eigenvalue weighted by Crippen LogP contribution is -2.57. The van der Waals surface area contributed by atoms with E-state index in [2.05, 4.69) is 15.5 Å². The van der Waals surface area contributed by atoms with Crippen molar-refractivity contribution in [2.45, 2.75) is 50.0 Å². The van der Waals surface area contributed by atoms with Crippen molar-refractivity contribution in [2.24, 2.45) is 11.5 Å². The summed E-state index contributed by atoms with van der Waals surface area (Å²) < 4.78 is 0. The minimum Gasteiger partial charge on any atom is -0.481 e. The van der Waals surface area contributed by atoms with E-state index < -0.39 is 23.9 Å². The second kappa shape index (κ2) is 10.6. The maximum Gasteiger partial charge on any atom is 0.326 e. The van der Waals surface area contributed by atoms with Gasteiger partial charge in [0.1, 0.15) is 6.04 Å². The van der Waals surface area contributed by atoms with Crippen LogP contribution in [0.15, 0.2) is 36.4 Å². The fourth-order valence-electron chi connectivity index (χ4n) is 4.36. The van der Waals surface area contributed by atoms with E-state index in [0.717, 1.165) is 23.9 Å². The Hall–Kier alpha value is -3.21. The van der Waals surface area contributed by atoms with Crippen LogP contribution < -0.4 is 27.0 Å². The van der Waals surface area contributed by atoms with Crippen LogP contribution in [0.1, 0.15) is 36.0 Å². The predicted molar refractivity (Wildman–Crippen MR) is 125 cm³/mol. The van der Waals surface area contributed by atoms with Crippen molar-refractivity contribution < 1.29 is 24.6 Å². The molecule has 1 aliphatic heterocycles. The fourth-order valence-corrected chi connectivity index (χ4v) is 4.36. The van der Waals surface area contributed by atoms with Crippen molar-refractivity contribution in [3.8, 4) is 0 Å². The van der Waals surface area contributed by atoms with Gasteiger partial charge in [-0.3, -0.25) is 14.9 Å². The third kappa shape index (κ3) is 6.19. The van der Waals surface area contributed by atoms with Gasteiger partial charge in [0.05, 0.1) is 6.17 Å². The Morgan fingerprint density at radius 2 is 1.82 bits per heavy atom. The largest absolute Gasteiger partial charge is 0.481 e. The van der Waals surface area contributed by atoms with Gasteiger partial charge in [-0.15, -0.1) is 0 Å². The highest BCUT2D eigenvalue weighted by Gasteiger charge is 2.26. The van der Waals surface area contributed by atoms with Gasteiger partial charge < -0.3 is 31.9 Å². The molecule has 2 aromatic rings. The summed E-state index contributed by atoms with van der Waals surface area (Å²) in [5.74, 6) is -2.96. The summed E-state index contributed by atoms with van der Waals surface area (Å²) in [7, 11) is 1.96. The number of rotatable bonds is 9. The molecule has 0 bridgehead atoms. The number of carbonyl (C=O) groups is 3. The number of anilines is 1. The van der Waals surface area contributed by atoms with Gasteiger partial charge in [-0.05, 0) is 36.8 Å². The number of carboxylic acids is 2. The van der Waals surface area contributed by atoms with Crippen LogP contribution in [0.5, 0.6) is 0 Å². The molecule has 3 rings (SSSR count). The smallest absolute Gasteiger partial charge is 0.326 e. The third-order valence-corrected chi connectivity index (χ3v) is 5.90. The number of nitrogens with two attached hydrogens (primary N) is 2. The SMILES string of the molecule is CN(CC1CC(N)CC(N)N1)c1ccc(C(=O)NC(CCC(=O)O)C(=O)O)c2ccccc12. The number of piperidine rings is 1. The Morgan fingerprint density at radius 3 is 2.45 bits per heavy atom. The zero-order chi connectivity index (χ0) is 24.1. The molecule has 10 nitrogen and oxygen atoms in total. The molecular formula is C23H31N5O5. The van der Waals surface area contributed by atoms with E-state index in [-0.39, 0.29) is 31.1 Å². The summed E-state index contributed by atoms with van der Waals surface area (Å²) in [5, 5.41) is 25.5. The number of likely N-dealkylation sites (N-methyl/N-ethyl adjacent to an activating group) is 1. The van der Waals surface area contributed by atoms with Crippen molar-refractivity contribution in [3.05, 3.63) is 42.0 Å². The zero-order valence-corrected chi connectivity index (χ0v) is 18.5. The van der Waals surface area contributed by atoms with Gasteiger partial charge >= 0.3 is 11.9 Å². The summed E-state index contributed by atoms with van der Waals surface area (Å²) >= 11 is 0. The first-order valence-electron chi connectivity index (χ1n) is 10.9. The minimum absolute atomic E-state index is 0.0470. The Balaban J connectivity index is 1.83. The number of nitrogens with zero attached hydrogens (tertiary/aromatic N) is 1. The molecule has 8 N–H and O–H groups in total. The molecule has 0 aliphatic carbocycles. The molecule has 2 aromatic carbocycles. The quantitative estimate of drug-likeness (QED) is 0.317. The Labute approximate surface area is 191 Å². The molecule has 0 spiro atoms. The highest BCUT2D eigenvalue weighted by atomic mass is 16.4. The molecular weight excluding hydrogens is 426 g/mol. The average Bonchev–Trinajstić information content (AvgIpc) is 2.74. The van der Waals surface area contributed by atoms with Crippen molar-refractivity contribution in [3.63, 3.8) is 0 Å². The van der Waals surface area contributed by atoms with Crippen molar-refractivity contribution in [1.82, 2.24) is 10.6 Å². The molecule has 1 saturated heterocycles. The third-order valence-electron chi connectivity index (χ3n) is 5.90. The number of carboxylic acid groups (broad SMARTS) is 2. The number of carbonyl (C=O) groups excluding carboxylic acids is 1. The highest BCUT2D eigenvalue weighted by molar-refractivity contribution is 6.11. The van der Waals surface area contributed by atoms with E-state index in [1.165, 1.54) is 0 Å². The van der Waals surface area contributed by atoms with Gasteiger partial charge in [-0.2, -0.15) is 0 Å². The number of aliphatic carboxylic acids is 2. The summed E-state index contributed by atoms with van der Waals surface area (Å²) in [6.07, 6.45) is 0.844. The number of nitrogens with one attached hydrogen (secondary N) is 2. The van der Waals surface area contributed by atoms with E-state index in [4.69, 9.17) is 16.6 Å². The van der Waals surface area contributed by atoms with Crippen LogP contribution in [0.4, 0.5) is 5.69 Å². The number of fused-ring (bicyclic) bond motifs is 1. The second-order valence-corrected chi connectivity index (χ2v) is 8.56. The number of hydrogen-bond donors (Lipinski definition) is 6. The van der Waals surface area contributed by atoms with Crippen LogP contribution in [0.2, 0.25) is 0 Å². The lowest BCUT2D eigenvalue weighted by molar-refractivity contribution is -0.140. The van der Waals surface area contributed by atoms with Gasteiger partial charge in [0.2, 0.25) is 0 Å². The molecule has 0 radical (unpaired) electrons. The molecule has 0 aromatic heterocycles. The predicted octanol–water partition coefficient (Wildman–Crippen LogP) is 0.688. The monoisotopic (exact) mass is 457 g/mol. The molecule has 1 fully saturated rings. The first kappa shape index (κ1) is 24.4. The molecule has 33 heavy (non-hydrogen) atoms. The van der Waals surface area contributed by atoms with Crippen molar-refractivity contribution >= 4 is 34.3 Å². The maximum atomic E-state index is 12.9. The molecule has 10 heteroatoms. The number of hydrogen-bond acceptors (Lipinski definition) is 7. The summed E-state index contributed by atoms with van der Waals surface area (Å²) in [5.41, 5.74) is 13.4. The van der Waals surface area contributed by atoms with Crippen LogP contribution in [-0.4, -0.2) is 65.9 Å². The molecule has 178 valence electrons. The summed E-state index contributed by atoms with van der Waals surface area (Å²) in [4.78, 5) is 37.3. The maximum absolute atomic E-state index is 12.9. The van der Waals surface area contributed by atoms with Crippen LogP contribution >= 0.6 is 0 Å². The zero-order valence-electron chi connectivity index (χ0n) is 18.5. The van der Waals surface area contributed by atoms with Gasteiger partial charge in [0.15, 0.2) is 0 Å². The van der Waals surface area contributed by atoms with Crippen LogP contribution in [0.25, 0.3) is 10.8 Å². The first-order valence-corrected chi connectivity index (χ1v) is 10.9. The van der Waals surface area contributed by atoms with Crippen molar-refractivity contribution in [2.75, 3.05) is 18.5 Å². The van der Waals surface area contributed by atoms with Crippen molar-refractivity contribution in [1.29, 1.82) is 0 Å². The lowest BCUT2D eigenvalue weighted by Gasteiger charge is -2.35. The van der Waals surface area contributed by atoms with E-state index >= 15 is 0 Å². The number of amides is 1. The molecule has 1 amide bonds. The Morgan fingerprint density at radius 1 is 1.12 bits per heavy atom. The van der Waals surface area contributed by atoms with Gasteiger partial charge in [-0.1, -0.05) is 24.3 Å². The molecule has 4 unspecified atom stereocenters. The topological polar surface area (TPSA) is 171 Å². The second-order valence-electron chi connectivity index (χ2n) is 8.56. The van der Waals surface area contributed by atoms with Crippen LogP contribution in [0.3, 0.4) is 0 Å². The van der Waals surface area contributed by atoms with Gasteiger partial charge in [-0.25, -0.2) is 4.79 Å². The van der Waals surface area contributed by atoms with E-state index in [9.17, 15) is 19.5 Å². The molecule has 4 atom stereocenters. The Bertz CT molecular complexity index is 1020. The van der Waals surface area contributed by atoms with E-state index in [1.807, 2.05) is 31.3 Å². The molecule has 0 saturated carbocycles. The van der Waals surface area contributed by atoms with E-state index in [1.54, 1.807) is 12.1 Å². The average molecular weight is 458 g/mol. The van der Waals surface area contributed by atoms with Crippen LogP contribution in [-0.2, 0) is 9.59 Å². The lowest BCUT2D eigenvalue weighted by atomic mass is 9.97. The van der Waals surface area contributed by atoms with Gasteiger partial charge in [0, 0.05) is 48.7 Å². The standard InChI is InChI=1S/C23H31N5O5/c1-28(12-14-10-13(24)11-20(25)26-14)19-8-6-17(15-4-2-3-5-16(15)19)22(31)27-18(23(32)33)7-9-21(29)30/h2-6,8,13-14,18,20,26H,7,9-12,24-25H2,1H3,(H,27,31)(H,29,30)(H,32,33). The number of benzene rings is 2. The Kier molecular flexibility index (Phi) is 7.85. The molecule has 1 heterocycles. The summed E-state index contributed by atoms with van der Waals surface area (Å²) in [6.45, 7) is 0.674. The van der Waals surface area contributed by atoms with Gasteiger partial charge in [0.25, 0.3) is 5.91 Å². The normalized spacial score (nSPS) is 21.4. The highest BCUT2D eigenvalue weighted by Crippen LogP contribution is 2.29. The van der Waals surface area contributed by atoms with E-state index in [0.29, 0.717) is 17.5 Å². The summed E-state index contributed by atoms with van der Waals surface area (Å²) in [6, 6.07) is 9.76. The van der Waals surface area contributed by atoms with Crippen LogP contribution in [0, 0.1) is 0 Å². The minimum atomic E-state index is -1.29. The first-order chi connectivity index (χ1) is 15.7. The fraction of sp³-hybridized carbons (Fsp3) is 0.435. The molecule has 1 aliphatic rings.